The molecule has 1 aromatic rings. The molecule has 0 N–H and O–H groups in total. The lowest BCUT2D eigenvalue weighted by atomic mass is 10.1. The topological polar surface area (TPSA) is 27.7 Å². The Balaban J connectivity index is 2.32. The normalized spacial score (nSPS) is 23.2. The fourth-order valence-electron chi connectivity index (χ4n) is 1.50. The highest BCUT2D eigenvalue weighted by Gasteiger charge is 2.37. The van der Waals surface area contributed by atoms with E-state index in [4.69, 9.17) is 14.5 Å². The van der Waals surface area contributed by atoms with Crippen molar-refractivity contribution in [3.63, 3.8) is 0 Å². The molecule has 0 bridgehead atoms. The van der Waals surface area contributed by atoms with Gasteiger partial charge in [0.15, 0.2) is 11.9 Å². The molecule has 1 unspecified atom stereocenters. The van der Waals surface area contributed by atoms with Crippen molar-refractivity contribution in [3.05, 3.63) is 22.2 Å². The first kappa shape index (κ1) is 6.74. The van der Waals surface area contributed by atoms with Crippen LogP contribution in [0.2, 0.25) is 0 Å². The van der Waals surface area contributed by atoms with E-state index in [0.717, 1.165) is 21.5 Å². The van der Waals surface area contributed by atoms with E-state index in [9.17, 15) is 0 Å². The van der Waals surface area contributed by atoms with Gasteiger partial charge in [0, 0.05) is 0 Å². The molecular weight excluding hydrogens is 224 g/mol. The van der Waals surface area contributed by atoms with Crippen LogP contribution in [0.4, 0.5) is 0 Å². The molecule has 1 aromatic carbocycles. The largest absolute Gasteiger partial charge is 0.490 e. The van der Waals surface area contributed by atoms with Crippen molar-refractivity contribution in [2.24, 2.45) is 0 Å². The first-order chi connectivity index (χ1) is 5.86. The Bertz CT molecular complexity index is 350. The molecule has 2 aliphatic heterocycles. The third-order valence-electron chi connectivity index (χ3n) is 2.07. The van der Waals surface area contributed by atoms with Crippen molar-refractivity contribution in [2.45, 2.75) is 6.10 Å². The monoisotopic (exact) mass is 228 g/mol. The smallest absolute Gasteiger partial charge is 0.189 e. The maximum Gasteiger partial charge on any atom is 0.189 e. The molecule has 4 heteroatoms. The van der Waals surface area contributed by atoms with Crippen LogP contribution in [0, 0.1) is 0 Å². The fourth-order valence-corrected chi connectivity index (χ4v) is 1.91. The van der Waals surface area contributed by atoms with E-state index in [-0.39, 0.29) is 6.10 Å². The lowest BCUT2D eigenvalue weighted by molar-refractivity contribution is -0.227. The van der Waals surface area contributed by atoms with Crippen LogP contribution in [-0.4, -0.2) is 6.61 Å². The van der Waals surface area contributed by atoms with E-state index in [1.807, 2.05) is 12.1 Å². The summed E-state index contributed by atoms with van der Waals surface area (Å²) in [4.78, 5) is 10.1. The third kappa shape index (κ3) is 0.690. The first-order valence-corrected chi connectivity index (χ1v) is 4.44. The minimum Gasteiger partial charge on any atom is -0.490 e. The number of benzene rings is 1. The van der Waals surface area contributed by atoms with Gasteiger partial charge in [0.05, 0.1) is 10.0 Å². The van der Waals surface area contributed by atoms with Gasteiger partial charge in [0.2, 0.25) is 0 Å². The van der Waals surface area contributed by atoms with Gasteiger partial charge in [0.1, 0.15) is 12.4 Å². The Kier molecular flexibility index (Phi) is 1.20. The predicted molar refractivity (Wildman–Crippen MR) is 44.1 cm³/mol. The third-order valence-corrected chi connectivity index (χ3v) is 2.69. The number of hydrogen-bond donors (Lipinski definition) is 0. The zero-order valence-corrected chi connectivity index (χ0v) is 7.63. The maximum absolute atomic E-state index is 5.37. The Hall–Kier alpha value is -0.740. The summed E-state index contributed by atoms with van der Waals surface area (Å²) < 4.78 is 6.28. The summed E-state index contributed by atoms with van der Waals surface area (Å²) in [6.07, 6.45) is -0.0347. The summed E-state index contributed by atoms with van der Waals surface area (Å²) >= 11 is 3.38. The van der Waals surface area contributed by atoms with E-state index >= 15 is 0 Å². The summed E-state index contributed by atoms with van der Waals surface area (Å²) in [5, 5.41) is 0. The average Bonchev–Trinajstić information content (AvgIpc) is 2.61. The molecule has 2 aliphatic rings. The van der Waals surface area contributed by atoms with Crippen LogP contribution in [0.5, 0.6) is 11.5 Å². The number of hydrogen-bond acceptors (Lipinski definition) is 3. The molecule has 0 amide bonds. The van der Waals surface area contributed by atoms with Crippen molar-refractivity contribution in [1.29, 1.82) is 0 Å². The molecule has 0 saturated carbocycles. The van der Waals surface area contributed by atoms with E-state index in [2.05, 4.69) is 15.9 Å². The number of rotatable bonds is 0. The molecule has 12 heavy (non-hydrogen) atoms. The van der Waals surface area contributed by atoms with Gasteiger partial charge < -0.3 is 9.62 Å². The van der Waals surface area contributed by atoms with E-state index in [1.165, 1.54) is 0 Å². The van der Waals surface area contributed by atoms with Crippen LogP contribution < -0.4 is 9.62 Å². The number of halogens is 1. The van der Waals surface area contributed by atoms with E-state index < -0.39 is 0 Å². The zero-order chi connectivity index (χ0) is 8.13. The minimum absolute atomic E-state index is 0.0347. The van der Waals surface area contributed by atoms with Gasteiger partial charge >= 0.3 is 0 Å². The van der Waals surface area contributed by atoms with Gasteiger partial charge in [-0.25, -0.2) is 0 Å². The van der Waals surface area contributed by atoms with Gasteiger partial charge in [-0.15, -0.1) is 0 Å². The Labute approximate surface area is 77.3 Å². The summed E-state index contributed by atoms with van der Waals surface area (Å²) in [7, 11) is 0. The molecule has 0 saturated heterocycles. The lowest BCUT2D eigenvalue weighted by Crippen LogP contribution is -2.01. The average molecular weight is 229 g/mol. The van der Waals surface area contributed by atoms with Gasteiger partial charge in [-0.1, -0.05) is 0 Å². The van der Waals surface area contributed by atoms with Crippen LogP contribution in [0.15, 0.2) is 16.6 Å². The highest BCUT2D eigenvalue weighted by molar-refractivity contribution is 9.10. The van der Waals surface area contributed by atoms with E-state index in [1.54, 1.807) is 0 Å². The summed E-state index contributed by atoms with van der Waals surface area (Å²) in [5.74, 6) is 1.63. The molecular formula is C8H5BrO3. The summed E-state index contributed by atoms with van der Waals surface area (Å²) in [6.45, 7) is 0.554. The molecule has 0 aromatic heterocycles. The lowest BCUT2D eigenvalue weighted by Gasteiger charge is -2.02. The molecule has 0 radical (unpaired) electrons. The van der Waals surface area contributed by atoms with Gasteiger partial charge in [-0.05, 0) is 28.1 Å². The molecule has 2 heterocycles. The van der Waals surface area contributed by atoms with Gasteiger partial charge in [0.25, 0.3) is 0 Å². The Morgan fingerprint density at radius 3 is 3.25 bits per heavy atom. The van der Waals surface area contributed by atoms with Crippen LogP contribution >= 0.6 is 15.9 Å². The molecule has 1 atom stereocenters. The highest BCUT2D eigenvalue weighted by Crippen LogP contribution is 2.49. The van der Waals surface area contributed by atoms with Crippen LogP contribution in [0.3, 0.4) is 0 Å². The van der Waals surface area contributed by atoms with Crippen LogP contribution in [-0.2, 0) is 4.89 Å². The second-order valence-electron chi connectivity index (χ2n) is 2.77. The standard InChI is InChI=1S/C8H5BrO3/c9-4-1-2-5-7-6(3-10-5)11-12-8(4)7/h1-2,6H,3H2. The molecule has 3 rings (SSSR count). The quantitative estimate of drug-likeness (QED) is 0.638. The van der Waals surface area contributed by atoms with Crippen molar-refractivity contribution < 1.29 is 14.5 Å². The first-order valence-electron chi connectivity index (χ1n) is 3.65. The SMILES string of the molecule is Brc1ccc2c3c1OOC3CO2. The molecule has 0 aliphatic carbocycles. The van der Waals surface area contributed by atoms with Crippen LogP contribution in [0.1, 0.15) is 11.7 Å². The van der Waals surface area contributed by atoms with Crippen LogP contribution in [0.25, 0.3) is 0 Å². The fraction of sp³-hybridized carbons (Fsp3) is 0.250. The van der Waals surface area contributed by atoms with Crippen molar-refractivity contribution >= 4 is 15.9 Å². The second kappa shape index (κ2) is 2.14. The summed E-state index contributed by atoms with van der Waals surface area (Å²) in [6, 6.07) is 3.81. The molecule has 0 spiro atoms. The molecule has 62 valence electrons. The number of ether oxygens (including phenoxy) is 1. The molecule has 3 nitrogen and oxygen atoms in total. The Morgan fingerprint density at radius 2 is 2.33 bits per heavy atom. The predicted octanol–water partition coefficient (Wildman–Crippen LogP) is 2.21. The minimum atomic E-state index is -0.0347. The summed E-state index contributed by atoms with van der Waals surface area (Å²) in [5.41, 5.74) is 1.03. The highest BCUT2D eigenvalue weighted by atomic mass is 79.9. The van der Waals surface area contributed by atoms with Crippen molar-refractivity contribution in [1.82, 2.24) is 0 Å². The Morgan fingerprint density at radius 1 is 1.42 bits per heavy atom. The zero-order valence-electron chi connectivity index (χ0n) is 6.04. The van der Waals surface area contributed by atoms with Crippen molar-refractivity contribution in [3.8, 4) is 11.5 Å². The maximum atomic E-state index is 5.37. The van der Waals surface area contributed by atoms with Gasteiger partial charge in [-0.3, -0.25) is 0 Å². The second-order valence-corrected chi connectivity index (χ2v) is 3.62. The van der Waals surface area contributed by atoms with E-state index in [0.29, 0.717) is 6.61 Å². The van der Waals surface area contributed by atoms with Crippen molar-refractivity contribution in [2.75, 3.05) is 6.61 Å². The van der Waals surface area contributed by atoms with Gasteiger partial charge in [-0.2, -0.15) is 4.89 Å². The molecule has 0 fully saturated rings.